The molecule has 0 saturated heterocycles. The second-order valence-electron chi connectivity index (χ2n) is 3.76. The molecule has 1 aromatic rings. The molecule has 2 rings (SSSR count). The van der Waals surface area contributed by atoms with Crippen LogP contribution in [0.5, 0.6) is 0 Å². The average Bonchev–Trinajstić information content (AvgIpc) is 2.94. The van der Waals surface area contributed by atoms with Crippen molar-refractivity contribution in [3.8, 4) is 6.07 Å². The van der Waals surface area contributed by atoms with E-state index in [9.17, 15) is 4.79 Å². The van der Waals surface area contributed by atoms with Gasteiger partial charge < -0.3 is 4.74 Å². The topological polar surface area (TPSA) is 50.1 Å². The normalized spacial score (nSPS) is 27.9. The van der Waals surface area contributed by atoms with Crippen molar-refractivity contribution in [3.05, 3.63) is 35.9 Å². The number of carbonyl (C=O) groups excluding carboxylic acids is 1. The summed E-state index contributed by atoms with van der Waals surface area (Å²) in [6.45, 7) is 1.33. The van der Waals surface area contributed by atoms with Crippen LogP contribution < -0.4 is 0 Å². The van der Waals surface area contributed by atoms with Crippen molar-refractivity contribution in [2.75, 3.05) is 0 Å². The number of rotatable bonds is 2. The van der Waals surface area contributed by atoms with Crippen molar-refractivity contribution in [1.82, 2.24) is 0 Å². The number of ether oxygens (including phenoxy) is 1. The van der Waals surface area contributed by atoms with Gasteiger partial charge in [-0.2, -0.15) is 5.26 Å². The summed E-state index contributed by atoms with van der Waals surface area (Å²) in [4.78, 5) is 10.9. The van der Waals surface area contributed by atoms with Crippen molar-refractivity contribution >= 4 is 5.97 Å². The highest BCUT2D eigenvalue weighted by Gasteiger charge is 2.59. The fourth-order valence-corrected chi connectivity index (χ4v) is 1.83. The molecule has 76 valence electrons. The van der Waals surface area contributed by atoms with Gasteiger partial charge in [0.05, 0.1) is 0 Å². The Morgan fingerprint density at radius 2 is 2.20 bits per heavy atom. The van der Waals surface area contributed by atoms with Gasteiger partial charge in [-0.25, -0.2) is 0 Å². The first-order valence-corrected chi connectivity index (χ1v) is 4.84. The molecule has 15 heavy (non-hydrogen) atoms. The van der Waals surface area contributed by atoms with E-state index < -0.39 is 11.6 Å². The largest absolute Gasteiger partial charge is 0.443 e. The standard InChI is InChI=1S/C12H11NO2/c1-9(14)15-12(8-13)7-11(12)10-5-3-2-4-6-10/h2-6,11H,7H2,1H3/t11-,12+/m0/s1. The van der Waals surface area contributed by atoms with E-state index in [4.69, 9.17) is 10.00 Å². The maximum Gasteiger partial charge on any atom is 0.304 e. The number of benzene rings is 1. The van der Waals surface area contributed by atoms with E-state index in [-0.39, 0.29) is 5.92 Å². The first-order chi connectivity index (χ1) is 7.18. The molecule has 2 atom stereocenters. The van der Waals surface area contributed by atoms with Gasteiger partial charge in [-0.3, -0.25) is 4.79 Å². The zero-order valence-corrected chi connectivity index (χ0v) is 8.43. The Labute approximate surface area is 88.3 Å². The third kappa shape index (κ3) is 1.71. The predicted octanol–water partition coefficient (Wildman–Crippen LogP) is 2.00. The van der Waals surface area contributed by atoms with Gasteiger partial charge >= 0.3 is 5.97 Å². The third-order valence-corrected chi connectivity index (χ3v) is 2.63. The van der Waals surface area contributed by atoms with Crippen molar-refractivity contribution in [1.29, 1.82) is 5.26 Å². The summed E-state index contributed by atoms with van der Waals surface area (Å²) in [7, 11) is 0. The van der Waals surface area contributed by atoms with Gasteiger partial charge in [0.25, 0.3) is 0 Å². The van der Waals surface area contributed by atoms with Gasteiger partial charge in [0.1, 0.15) is 6.07 Å². The Bertz CT molecular complexity index is 421. The summed E-state index contributed by atoms with van der Waals surface area (Å²) in [5.74, 6) is -0.359. The Morgan fingerprint density at radius 3 is 2.73 bits per heavy atom. The molecule has 0 amide bonds. The van der Waals surface area contributed by atoms with Crippen LogP contribution in [0.1, 0.15) is 24.8 Å². The van der Waals surface area contributed by atoms with Crippen LogP contribution in [0.15, 0.2) is 30.3 Å². The minimum absolute atomic E-state index is 0.0348. The van der Waals surface area contributed by atoms with Crippen LogP contribution in [0.25, 0.3) is 0 Å². The van der Waals surface area contributed by atoms with Gasteiger partial charge in [0.2, 0.25) is 5.60 Å². The van der Waals surface area contributed by atoms with Crippen LogP contribution >= 0.6 is 0 Å². The van der Waals surface area contributed by atoms with Crippen LogP contribution in [0.3, 0.4) is 0 Å². The first-order valence-electron chi connectivity index (χ1n) is 4.84. The fraction of sp³-hybridized carbons (Fsp3) is 0.333. The van der Waals surface area contributed by atoms with E-state index in [1.54, 1.807) is 0 Å². The predicted molar refractivity (Wildman–Crippen MR) is 53.9 cm³/mol. The lowest BCUT2D eigenvalue weighted by atomic mass is 10.1. The quantitative estimate of drug-likeness (QED) is 0.687. The van der Waals surface area contributed by atoms with Gasteiger partial charge in [-0.1, -0.05) is 30.3 Å². The summed E-state index contributed by atoms with van der Waals surface area (Å²) in [6, 6.07) is 11.8. The van der Waals surface area contributed by atoms with Gasteiger partial charge in [0.15, 0.2) is 0 Å². The number of nitriles is 1. The minimum Gasteiger partial charge on any atom is -0.443 e. The second-order valence-corrected chi connectivity index (χ2v) is 3.76. The molecule has 0 unspecified atom stereocenters. The molecular weight excluding hydrogens is 190 g/mol. The molecule has 1 aliphatic carbocycles. The molecule has 3 nitrogen and oxygen atoms in total. The number of hydrogen-bond donors (Lipinski definition) is 0. The van der Waals surface area contributed by atoms with Crippen molar-refractivity contribution in [2.45, 2.75) is 24.9 Å². The van der Waals surface area contributed by atoms with E-state index >= 15 is 0 Å². The summed E-state index contributed by atoms with van der Waals surface area (Å²) in [5, 5.41) is 9.01. The van der Waals surface area contributed by atoms with Crippen molar-refractivity contribution < 1.29 is 9.53 Å². The molecule has 0 heterocycles. The lowest BCUT2D eigenvalue weighted by molar-refractivity contribution is -0.145. The highest BCUT2D eigenvalue weighted by Crippen LogP contribution is 2.53. The highest BCUT2D eigenvalue weighted by atomic mass is 16.6. The maximum atomic E-state index is 10.9. The van der Waals surface area contributed by atoms with Crippen LogP contribution in [-0.4, -0.2) is 11.6 Å². The second kappa shape index (κ2) is 3.39. The van der Waals surface area contributed by atoms with Crippen LogP contribution in [-0.2, 0) is 9.53 Å². The average molecular weight is 201 g/mol. The summed E-state index contributed by atoms with van der Waals surface area (Å²) >= 11 is 0. The summed E-state index contributed by atoms with van der Waals surface area (Å²) < 4.78 is 5.06. The van der Waals surface area contributed by atoms with Gasteiger partial charge in [-0.15, -0.1) is 0 Å². The molecule has 0 radical (unpaired) electrons. The van der Waals surface area contributed by atoms with E-state index in [2.05, 4.69) is 6.07 Å². The lowest BCUT2D eigenvalue weighted by Crippen LogP contribution is -2.17. The van der Waals surface area contributed by atoms with E-state index in [1.165, 1.54) is 6.92 Å². The molecular formula is C12H11NO2. The number of carbonyl (C=O) groups is 1. The molecule has 3 heteroatoms. The molecule has 0 spiro atoms. The maximum absolute atomic E-state index is 10.9. The zero-order chi connectivity index (χ0) is 10.9. The van der Waals surface area contributed by atoms with Crippen molar-refractivity contribution in [2.24, 2.45) is 0 Å². The Morgan fingerprint density at radius 1 is 1.53 bits per heavy atom. The molecule has 0 bridgehead atoms. The van der Waals surface area contributed by atoms with E-state index in [0.29, 0.717) is 6.42 Å². The third-order valence-electron chi connectivity index (χ3n) is 2.63. The van der Waals surface area contributed by atoms with Gasteiger partial charge in [-0.05, 0) is 5.56 Å². The molecule has 0 aromatic heterocycles. The van der Waals surface area contributed by atoms with E-state index in [0.717, 1.165) is 5.56 Å². The molecule has 1 saturated carbocycles. The smallest absolute Gasteiger partial charge is 0.304 e. The number of nitrogens with zero attached hydrogens (tertiary/aromatic N) is 1. The van der Waals surface area contributed by atoms with E-state index in [1.807, 2.05) is 30.3 Å². The minimum atomic E-state index is -0.910. The Kier molecular flexibility index (Phi) is 2.20. The number of hydrogen-bond acceptors (Lipinski definition) is 3. The van der Waals surface area contributed by atoms with Crippen LogP contribution in [0.2, 0.25) is 0 Å². The fourth-order valence-electron chi connectivity index (χ4n) is 1.83. The number of esters is 1. The molecule has 0 aliphatic heterocycles. The molecule has 1 fully saturated rings. The highest BCUT2D eigenvalue weighted by molar-refractivity contribution is 5.68. The zero-order valence-electron chi connectivity index (χ0n) is 8.43. The Hall–Kier alpha value is -1.82. The summed E-state index contributed by atoms with van der Waals surface area (Å²) in [6.07, 6.45) is 0.604. The Balaban J connectivity index is 2.17. The summed E-state index contributed by atoms with van der Waals surface area (Å²) in [5.41, 5.74) is 0.146. The van der Waals surface area contributed by atoms with Gasteiger partial charge in [0, 0.05) is 19.3 Å². The molecule has 0 N–H and O–H groups in total. The SMILES string of the molecule is CC(=O)O[C@@]1(C#N)C[C@H]1c1ccccc1. The molecule has 1 aromatic carbocycles. The van der Waals surface area contributed by atoms with Crippen LogP contribution in [0, 0.1) is 11.3 Å². The van der Waals surface area contributed by atoms with Crippen LogP contribution in [0.4, 0.5) is 0 Å². The lowest BCUT2D eigenvalue weighted by Gasteiger charge is -2.08. The monoisotopic (exact) mass is 201 g/mol. The first kappa shape index (κ1) is 9.72. The van der Waals surface area contributed by atoms with Crippen molar-refractivity contribution in [3.63, 3.8) is 0 Å². The molecule has 1 aliphatic rings.